The fourth-order valence-electron chi connectivity index (χ4n) is 4.26. The van der Waals surface area contributed by atoms with Gasteiger partial charge in [-0.25, -0.2) is 4.98 Å². The molecule has 0 radical (unpaired) electrons. The molecule has 166 valence electrons. The third-order valence-corrected chi connectivity index (χ3v) is 5.70. The van der Waals surface area contributed by atoms with Crippen molar-refractivity contribution in [1.29, 1.82) is 0 Å². The lowest BCUT2D eigenvalue weighted by Crippen LogP contribution is -2.40. The monoisotopic (exact) mass is 435 g/mol. The molecule has 1 aliphatic rings. The number of halogens is 3. The first-order chi connectivity index (χ1) is 14.7. The minimum absolute atomic E-state index is 0.0178. The molecule has 1 aromatic carbocycles. The summed E-state index contributed by atoms with van der Waals surface area (Å²) in [5.74, 6) is 0.521. The quantitative estimate of drug-likeness (QED) is 0.627. The van der Waals surface area contributed by atoms with Gasteiger partial charge in [-0.05, 0) is 44.0 Å². The predicted octanol–water partition coefficient (Wildman–Crippen LogP) is 3.72. The molecule has 3 heterocycles. The van der Waals surface area contributed by atoms with Gasteiger partial charge in [-0.3, -0.25) is 9.48 Å². The van der Waals surface area contributed by atoms with Crippen molar-refractivity contribution in [3.8, 4) is 0 Å². The number of carbonyl (C=O) groups excluding carboxylic acids is 1. The number of rotatable bonds is 4. The van der Waals surface area contributed by atoms with Crippen molar-refractivity contribution in [3.05, 3.63) is 47.0 Å². The van der Waals surface area contributed by atoms with Crippen molar-refractivity contribution in [2.75, 3.05) is 20.2 Å². The Morgan fingerprint density at radius 2 is 1.94 bits per heavy atom. The molecular formula is C21H24F3N5O2. The highest BCUT2D eigenvalue weighted by molar-refractivity contribution is 5.92. The summed E-state index contributed by atoms with van der Waals surface area (Å²) in [5, 5.41) is 4.24. The predicted molar refractivity (Wildman–Crippen MR) is 108 cm³/mol. The van der Waals surface area contributed by atoms with E-state index in [0.717, 1.165) is 17.8 Å². The van der Waals surface area contributed by atoms with E-state index in [2.05, 4.69) is 10.1 Å². The second kappa shape index (κ2) is 7.99. The van der Waals surface area contributed by atoms with Gasteiger partial charge in [0.15, 0.2) is 0 Å². The van der Waals surface area contributed by atoms with Crippen LogP contribution in [0.25, 0.3) is 11.0 Å². The average molecular weight is 435 g/mol. The summed E-state index contributed by atoms with van der Waals surface area (Å²) in [5.41, 5.74) is 1.55. The highest BCUT2D eigenvalue weighted by atomic mass is 19.4. The Hall–Kier alpha value is -2.88. The van der Waals surface area contributed by atoms with E-state index in [4.69, 9.17) is 4.74 Å². The lowest BCUT2D eigenvalue weighted by Gasteiger charge is -2.33. The second-order valence-corrected chi connectivity index (χ2v) is 7.85. The maximum Gasteiger partial charge on any atom is 0.416 e. The van der Waals surface area contributed by atoms with Gasteiger partial charge in [-0.1, -0.05) is 0 Å². The summed E-state index contributed by atoms with van der Waals surface area (Å²) >= 11 is 0. The van der Waals surface area contributed by atoms with Crippen LogP contribution in [0.4, 0.5) is 13.2 Å². The van der Waals surface area contributed by atoms with Gasteiger partial charge in [0.25, 0.3) is 5.91 Å². The van der Waals surface area contributed by atoms with Crippen LogP contribution in [0, 0.1) is 6.92 Å². The first kappa shape index (κ1) is 21.4. The molecule has 1 amide bonds. The smallest absolute Gasteiger partial charge is 0.377 e. The third-order valence-electron chi connectivity index (χ3n) is 5.70. The lowest BCUT2D eigenvalue weighted by atomic mass is 10.0. The Labute approximate surface area is 177 Å². The molecule has 31 heavy (non-hydrogen) atoms. The highest BCUT2D eigenvalue weighted by Crippen LogP contribution is 2.34. The van der Waals surface area contributed by atoms with Crippen molar-refractivity contribution in [1.82, 2.24) is 24.2 Å². The first-order valence-electron chi connectivity index (χ1n) is 10.1. The Balaban J connectivity index is 1.58. The number of hydrogen-bond donors (Lipinski definition) is 0. The highest BCUT2D eigenvalue weighted by Gasteiger charge is 2.32. The number of aryl methyl sites for hydroxylation is 2. The largest absolute Gasteiger partial charge is 0.416 e. The number of nitrogens with zero attached hydrogens (tertiary/aromatic N) is 5. The summed E-state index contributed by atoms with van der Waals surface area (Å²) in [6.07, 6.45) is -3.08. The number of aromatic nitrogens is 4. The molecule has 0 atom stereocenters. The number of fused-ring (bicyclic) bond motifs is 1. The average Bonchev–Trinajstić information content (AvgIpc) is 3.25. The lowest BCUT2D eigenvalue weighted by molar-refractivity contribution is -0.137. The van der Waals surface area contributed by atoms with Crippen molar-refractivity contribution < 1.29 is 22.7 Å². The van der Waals surface area contributed by atoms with Crippen LogP contribution >= 0.6 is 0 Å². The zero-order valence-electron chi connectivity index (χ0n) is 17.6. The molecule has 7 nitrogen and oxygen atoms in total. The molecule has 0 saturated carbocycles. The number of amides is 1. The summed E-state index contributed by atoms with van der Waals surface area (Å²) in [7, 11) is 3.28. The number of methoxy groups -OCH3 is 1. The van der Waals surface area contributed by atoms with Crippen LogP contribution in [0.5, 0.6) is 0 Å². The zero-order valence-corrected chi connectivity index (χ0v) is 17.6. The molecule has 0 aliphatic carbocycles. The fraction of sp³-hybridized carbons (Fsp3) is 0.476. The van der Waals surface area contributed by atoms with Gasteiger partial charge >= 0.3 is 6.18 Å². The Morgan fingerprint density at radius 3 is 2.52 bits per heavy atom. The molecule has 1 saturated heterocycles. The fourth-order valence-corrected chi connectivity index (χ4v) is 4.26. The van der Waals surface area contributed by atoms with E-state index < -0.39 is 11.7 Å². The summed E-state index contributed by atoms with van der Waals surface area (Å²) in [4.78, 5) is 19.1. The molecule has 3 aromatic rings. The van der Waals surface area contributed by atoms with Crippen molar-refractivity contribution in [2.24, 2.45) is 7.05 Å². The molecule has 10 heteroatoms. The Morgan fingerprint density at radius 1 is 1.23 bits per heavy atom. The van der Waals surface area contributed by atoms with E-state index in [1.54, 1.807) is 22.7 Å². The number of piperidine rings is 1. The summed E-state index contributed by atoms with van der Waals surface area (Å²) in [6, 6.07) is 5.42. The van der Waals surface area contributed by atoms with Crippen LogP contribution < -0.4 is 0 Å². The topological polar surface area (TPSA) is 65.2 Å². The minimum atomic E-state index is -4.42. The normalized spacial score (nSPS) is 15.7. The number of ether oxygens (including phenoxy) is 1. The number of alkyl halides is 3. The van der Waals surface area contributed by atoms with Gasteiger partial charge in [0, 0.05) is 33.3 Å². The molecule has 0 N–H and O–H groups in total. The van der Waals surface area contributed by atoms with Gasteiger partial charge in [0.1, 0.15) is 18.1 Å². The first-order valence-corrected chi connectivity index (χ1v) is 10.1. The van der Waals surface area contributed by atoms with E-state index in [-0.39, 0.29) is 18.6 Å². The van der Waals surface area contributed by atoms with Crippen LogP contribution in [0.2, 0.25) is 0 Å². The maximum absolute atomic E-state index is 13.1. The SMILES string of the molecule is COCc1nc2cc(C(F)(F)F)ccc2n1C1CCN(C(=O)c2cc(C)nn2C)CC1. The number of imidazole rings is 1. The minimum Gasteiger partial charge on any atom is -0.377 e. The zero-order chi connectivity index (χ0) is 22.3. The molecule has 0 unspecified atom stereocenters. The maximum atomic E-state index is 13.1. The van der Waals surface area contributed by atoms with E-state index >= 15 is 0 Å². The standard InChI is InChI=1S/C21H24F3N5O2/c1-13-10-18(27(2)26-13)20(30)28-8-6-15(7-9-28)29-17-5-4-14(21(22,23)24)11-16(17)25-19(29)12-31-3/h4-5,10-11,15H,6-9,12H2,1-3H3. The van der Waals surface area contributed by atoms with Gasteiger partial charge in [-0.2, -0.15) is 18.3 Å². The van der Waals surface area contributed by atoms with Gasteiger partial charge in [0.05, 0.1) is 22.3 Å². The number of benzene rings is 1. The summed E-state index contributed by atoms with van der Waals surface area (Å²) in [6.45, 7) is 3.12. The van der Waals surface area contributed by atoms with E-state index in [1.165, 1.54) is 13.2 Å². The van der Waals surface area contributed by atoms with Crippen molar-refractivity contribution in [2.45, 2.75) is 38.6 Å². The number of carbonyl (C=O) groups is 1. The van der Waals surface area contributed by atoms with E-state index in [0.29, 0.717) is 48.5 Å². The molecule has 4 rings (SSSR count). The van der Waals surface area contributed by atoms with Crippen molar-refractivity contribution in [3.63, 3.8) is 0 Å². The number of likely N-dealkylation sites (tertiary alicyclic amines) is 1. The molecule has 0 spiro atoms. The number of hydrogen-bond acceptors (Lipinski definition) is 4. The van der Waals surface area contributed by atoms with Gasteiger partial charge < -0.3 is 14.2 Å². The van der Waals surface area contributed by atoms with Crippen LogP contribution in [-0.2, 0) is 24.6 Å². The Kier molecular flexibility index (Phi) is 5.50. The second-order valence-electron chi connectivity index (χ2n) is 7.85. The third kappa shape index (κ3) is 4.04. The Bertz CT molecular complexity index is 1110. The molecule has 0 bridgehead atoms. The van der Waals surface area contributed by atoms with Crippen LogP contribution in [0.1, 0.15) is 46.5 Å². The van der Waals surface area contributed by atoms with E-state index in [1.807, 2.05) is 11.5 Å². The van der Waals surface area contributed by atoms with Crippen LogP contribution in [-0.4, -0.2) is 50.3 Å². The van der Waals surface area contributed by atoms with Gasteiger partial charge in [-0.15, -0.1) is 0 Å². The molecular weight excluding hydrogens is 411 g/mol. The van der Waals surface area contributed by atoms with Crippen LogP contribution in [0.3, 0.4) is 0 Å². The van der Waals surface area contributed by atoms with Crippen molar-refractivity contribution >= 4 is 16.9 Å². The van der Waals surface area contributed by atoms with Crippen LogP contribution in [0.15, 0.2) is 24.3 Å². The molecule has 2 aromatic heterocycles. The van der Waals surface area contributed by atoms with E-state index in [9.17, 15) is 18.0 Å². The summed E-state index contributed by atoms with van der Waals surface area (Å²) < 4.78 is 48.1. The molecule has 1 fully saturated rings. The van der Waals surface area contributed by atoms with Gasteiger partial charge in [0.2, 0.25) is 0 Å². The molecule has 1 aliphatic heterocycles.